The van der Waals surface area contributed by atoms with Crippen molar-refractivity contribution in [2.24, 2.45) is 0 Å². The first-order chi connectivity index (χ1) is 12.4. The zero-order valence-corrected chi connectivity index (χ0v) is 14.1. The molecule has 7 nitrogen and oxygen atoms in total. The van der Waals surface area contributed by atoms with Crippen molar-refractivity contribution in [3.8, 4) is 0 Å². The van der Waals surface area contributed by atoms with E-state index in [0.717, 1.165) is 5.56 Å². The van der Waals surface area contributed by atoms with E-state index < -0.39 is 4.92 Å². The minimum Gasteiger partial charge on any atom is -0.350 e. The molecule has 0 aromatic heterocycles. The molecule has 0 atom stereocenters. The lowest BCUT2D eigenvalue weighted by molar-refractivity contribution is -0.384. The van der Waals surface area contributed by atoms with Gasteiger partial charge < -0.3 is 10.2 Å². The Morgan fingerprint density at radius 2 is 1.73 bits per heavy atom. The van der Waals surface area contributed by atoms with Crippen LogP contribution in [0.5, 0.6) is 0 Å². The molecule has 0 heterocycles. The summed E-state index contributed by atoms with van der Waals surface area (Å²) in [6.07, 6.45) is 0. The molecule has 0 saturated carbocycles. The molecule has 0 fully saturated rings. The average molecular weight is 359 g/mol. The molecule has 0 aliphatic rings. The molecule has 0 radical (unpaired) electrons. The first-order valence-corrected chi connectivity index (χ1v) is 7.95. The van der Waals surface area contributed by atoms with E-state index in [0.29, 0.717) is 6.54 Å². The molecule has 2 rings (SSSR count). The van der Waals surface area contributed by atoms with Crippen LogP contribution in [-0.4, -0.2) is 34.7 Å². The summed E-state index contributed by atoms with van der Waals surface area (Å²) >= 11 is 0. The maximum Gasteiger partial charge on any atom is 0.269 e. The number of nitrogens with one attached hydrogen (secondary N) is 1. The summed E-state index contributed by atoms with van der Waals surface area (Å²) < 4.78 is 12.9. The SMILES string of the molecule is CCN(CC(=O)NCc1ccc(F)cc1)C(=O)c1ccc([N+](=O)[O-])cc1. The Hall–Kier alpha value is -3.29. The van der Waals surface area contributed by atoms with Crippen molar-refractivity contribution in [3.05, 3.63) is 75.6 Å². The number of nitrogens with zero attached hydrogens (tertiary/aromatic N) is 2. The third-order valence-electron chi connectivity index (χ3n) is 3.73. The fourth-order valence-electron chi connectivity index (χ4n) is 2.27. The zero-order chi connectivity index (χ0) is 19.1. The van der Waals surface area contributed by atoms with Crippen LogP contribution in [0.4, 0.5) is 10.1 Å². The molecule has 2 aromatic rings. The number of halogens is 1. The van der Waals surface area contributed by atoms with Gasteiger partial charge >= 0.3 is 0 Å². The van der Waals surface area contributed by atoms with Gasteiger partial charge in [-0.3, -0.25) is 19.7 Å². The lowest BCUT2D eigenvalue weighted by Crippen LogP contribution is -2.40. The van der Waals surface area contributed by atoms with Crippen molar-refractivity contribution in [1.29, 1.82) is 0 Å². The number of rotatable bonds is 7. The van der Waals surface area contributed by atoms with E-state index in [1.165, 1.54) is 41.3 Å². The Labute approximate surface area is 149 Å². The second kappa shape index (κ2) is 8.70. The van der Waals surface area contributed by atoms with Gasteiger partial charge in [0.2, 0.25) is 5.91 Å². The number of likely N-dealkylation sites (N-methyl/N-ethyl adjacent to an activating group) is 1. The molecule has 8 heteroatoms. The number of nitro benzene ring substituents is 1. The summed E-state index contributed by atoms with van der Waals surface area (Å²) in [5, 5.41) is 13.3. The van der Waals surface area contributed by atoms with Gasteiger partial charge in [-0.2, -0.15) is 0 Å². The Morgan fingerprint density at radius 1 is 1.12 bits per heavy atom. The van der Waals surface area contributed by atoms with Crippen LogP contribution < -0.4 is 5.32 Å². The van der Waals surface area contributed by atoms with E-state index in [1.807, 2.05) is 0 Å². The highest BCUT2D eigenvalue weighted by atomic mass is 19.1. The van der Waals surface area contributed by atoms with Gasteiger partial charge in [-0.05, 0) is 36.8 Å². The van der Waals surface area contributed by atoms with Crippen LogP contribution in [0.1, 0.15) is 22.8 Å². The number of amides is 2. The second-order valence-corrected chi connectivity index (χ2v) is 5.53. The van der Waals surface area contributed by atoms with E-state index >= 15 is 0 Å². The fraction of sp³-hybridized carbons (Fsp3) is 0.222. The van der Waals surface area contributed by atoms with Gasteiger partial charge in [0.1, 0.15) is 5.82 Å². The van der Waals surface area contributed by atoms with Crippen molar-refractivity contribution in [1.82, 2.24) is 10.2 Å². The molecule has 0 spiro atoms. The third kappa shape index (κ3) is 5.10. The number of carbonyl (C=O) groups excluding carboxylic acids is 2. The Balaban J connectivity index is 1.94. The van der Waals surface area contributed by atoms with Crippen LogP contribution in [0.15, 0.2) is 48.5 Å². The van der Waals surface area contributed by atoms with E-state index in [1.54, 1.807) is 19.1 Å². The number of hydrogen-bond donors (Lipinski definition) is 1. The summed E-state index contributed by atoms with van der Waals surface area (Å²) in [6, 6.07) is 10.9. The van der Waals surface area contributed by atoms with Crippen LogP contribution in [-0.2, 0) is 11.3 Å². The summed E-state index contributed by atoms with van der Waals surface area (Å²) in [5.41, 5.74) is 0.898. The van der Waals surface area contributed by atoms with Crippen molar-refractivity contribution < 1.29 is 18.9 Å². The highest BCUT2D eigenvalue weighted by Gasteiger charge is 2.18. The molecular formula is C18H18FN3O4. The van der Waals surface area contributed by atoms with E-state index in [2.05, 4.69) is 5.32 Å². The first kappa shape index (κ1) is 19.0. The molecule has 0 aliphatic carbocycles. The highest BCUT2D eigenvalue weighted by molar-refractivity contribution is 5.96. The van der Waals surface area contributed by atoms with Gasteiger partial charge in [-0.25, -0.2) is 4.39 Å². The van der Waals surface area contributed by atoms with Crippen LogP contribution in [0.25, 0.3) is 0 Å². The van der Waals surface area contributed by atoms with Crippen molar-refractivity contribution in [3.63, 3.8) is 0 Å². The number of benzene rings is 2. The van der Waals surface area contributed by atoms with Crippen molar-refractivity contribution >= 4 is 17.5 Å². The molecule has 0 saturated heterocycles. The summed E-state index contributed by atoms with van der Waals surface area (Å²) in [5.74, 6) is -1.10. The number of nitro groups is 1. The minimum absolute atomic E-state index is 0.110. The van der Waals surface area contributed by atoms with Crippen LogP contribution in [0, 0.1) is 15.9 Å². The minimum atomic E-state index is -0.547. The average Bonchev–Trinajstić information content (AvgIpc) is 2.65. The zero-order valence-electron chi connectivity index (χ0n) is 14.1. The molecule has 0 unspecified atom stereocenters. The number of carbonyl (C=O) groups is 2. The number of non-ortho nitro benzene ring substituents is 1. The molecular weight excluding hydrogens is 341 g/mol. The standard InChI is InChI=1S/C18H18FN3O4/c1-2-21(18(24)14-5-9-16(10-6-14)22(25)26)12-17(23)20-11-13-3-7-15(19)8-4-13/h3-10H,2,11-12H2,1H3,(H,20,23). The molecule has 2 amide bonds. The Morgan fingerprint density at radius 3 is 2.27 bits per heavy atom. The third-order valence-corrected chi connectivity index (χ3v) is 3.73. The predicted molar refractivity (Wildman–Crippen MR) is 92.9 cm³/mol. The van der Waals surface area contributed by atoms with Crippen molar-refractivity contribution in [2.45, 2.75) is 13.5 Å². The number of hydrogen-bond acceptors (Lipinski definition) is 4. The van der Waals surface area contributed by atoms with Gasteiger partial charge in [0.05, 0.1) is 11.5 Å². The van der Waals surface area contributed by atoms with Crippen LogP contribution in [0.2, 0.25) is 0 Å². The molecule has 0 aliphatic heterocycles. The predicted octanol–water partition coefficient (Wildman–Crippen LogP) is 2.51. The van der Waals surface area contributed by atoms with Gasteiger partial charge in [-0.15, -0.1) is 0 Å². The highest BCUT2D eigenvalue weighted by Crippen LogP contribution is 2.13. The van der Waals surface area contributed by atoms with Crippen LogP contribution >= 0.6 is 0 Å². The maximum atomic E-state index is 12.9. The molecule has 2 aromatic carbocycles. The largest absolute Gasteiger partial charge is 0.350 e. The monoisotopic (exact) mass is 359 g/mol. The summed E-state index contributed by atoms with van der Waals surface area (Å²) in [7, 11) is 0. The molecule has 0 bridgehead atoms. The summed E-state index contributed by atoms with van der Waals surface area (Å²) in [6.45, 7) is 2.12. The fourth-order valence-corrected chi connectivity index (χ4v) is 2.27. The quantitative estimate of drug-likeness (QED) is 0.607. The van der Waals surface area contributed by atoms with Crippen molar-refractivity contribution in [2.75, 3.05) is 13.1 Å². The smallest absolute Gasteiger partial charge is 0.269 e. The van der Waals surface area contributed by atoms with E-state index in [4.69, 9.17) is 0 Å². The van der Waals surface area contributed by atoms with Crippen LogP contribution in [0.3, 0.4) is 0 Å². The van der Waals surface area contributed by atoms with E-state index in [9.17, 15) is 24.1 Å². The normalized spacial score (nSPS) is 10.2. The van der Waals surface area contributed by atoms with Gasteiger partial charge in [0, 0.05) is 30.8 Å². The molecule has 136 valence electrons. The van der Waals surface area contributed by atoms with E-state index in [-0.39, 0.29) is 42.0 Å². The second-order valence-electron chi connectivity index (χ2n) is 5.53. The van der Waals surface area contributed by atoms with Gasteiger partial charge in [0.25, 0.3) is 11.6 Å². The van der Waals surface area contributed by atoms with Gasteiger partial charge in [-0.1, -0.05) is 12.1 Å². The first-order valence-electron chi connectivity index (χ1n) is 7.95. The lowest BCUT2D eigenvalue weighted by atomic mass is 10.2. The maximum absolute atomic E-state index is 12.9. The lowest BCUT2D eigenvalue weighted by Gasteiger charge is -2.20. The Bertz CT molecular complexity index is 791. The van der Waals surface area contributed by atoms with Gasteiger partial charge in [0.15, 0.2) is 0 Å². The topological polar surface area (TPSA) is 92.6 Å². The Kier molecular flexibility index (Phi) is 6.37. The molecule has 1 N–H and O–H groups in total. The summed E-state index contributed by atoms with van der Waals surface area (Å²) in [4.78, 5) is 36.0. The molecule has 26 heavy (non-hydrogen) atoms.